The highest BCUT2D eigenvalue weighted by Crippen LogP contribution is 2.24. The minimum Gasteiger partial charge on any atom is -0.481 e. The van der Waals surface area contributed by atoms with E-state index in [0.717, 1.165) is 17.7 Å². The minimum atomic E-state index is -0.240. The fourth-order valence-corrected chi connectivity index (χ4v) is 1.72. The van der Waals surface area contributed by atoms with Crippen LogP contribution >= 0.6 is 11.6 Å². The Balaban J connectivity index is 2.14. The highest BCUT2D eigenvalue weighted by molar-refractivity contribution is 6.16. The molecule has 4 nitrogen and oxygen atoms in total. The molecule has 0 spiro atoms. The van der Waals surface area contributed by atoms with Crippen LogP contribution in [0.1, 0.15) is 36.8 Å². The molecule has 0 aliphatic rings. The van der Waals surface area contributed by atoms with Gasteiger partial charge in [-0.25, -0.2) is 0 Å². The SMILES string of the molecule is CCC(Oc1cccc(C)c1)c1nnc(CCl)o1. The molecule has 2 rings (SSSR count). The number of aryl methyl sites for hydroxylation is 1. The predicted molar refractivity (Wildman–Crippen MR) is 68.7 cm³/mol. The molecule has 0 saturated carbocycles. The zero-order chi connectivity index (χ0) is 13.0. The van der Waals surface area contributed by atoms with Crippen molar-refractivity contribution < 1.29 is 9.15 Å². The zero-order valence-corrected chi connectivity index (χ0v) is 11.1. The van der Waals surface area contributed by atoms with Gasteiger partial charge in [0.25, 0.3) is 5.89 Å². The van der Waals surface area contributed by atoms with Crippen molar-refractivity contribution in [2.24, 2.45) is 0 Å². The van der Waals surface area contributed by atoms with E-state index in [4.69, 9.17) is 20.8 Å². The summed E-state index contributed by atoms with van der Waals surface area (Å²) in [4.78, 5) is 0. The van der Waals surface area contributed by atoms with E-state index in [1.807, 2.05) is 38.1 Å². The average molecular weight is 267 g/mol. The van der Waals surface area contributed by atoms with Crippen molar-refractivity contribution in [3.63, 3.8) is 0 Å². The maximum absolute atomic E-state index is 5.85. The molecule has 18 heavy (non-hydrogen) atoms. The Morgan fingerprint density at radius 1 is 1.39 bits per heavy atom. The Labute approximate surface area is 111 Å². The maximum Gasteiger partial charge on any atom is 0.257 e. The number of hydrogen-bond donors (Lipinski definition) is 0. The van der Waals surface area contributed by atoms with Gasteiger partial charge in [0.1, 0.15) is 11.6 Å². The number of benzene rings is 1. The minimum absolute atomic E-state index is 0.216. The third-order valence-corrected chi connectivity index (χ3v) is 2.74. The number of ether oxygens (including phenoxy) is 1. The summed E-state index contributed by atoms with van der Waals surface area (Å²) in [6.45, 7) is 4.02. The second kappa shape index (κ2) is 5.87. The van der Waals surface area contributed by atoms with E-state index in [-0.39, 0.29) is 12.0 Å². The van der Waals surface area contributed by atoms with Crippen molar-refractivity contribution >= 4 is 11.6 Å². The van der Waals surface area contributed by atoms with Gasteiger partial charge in [-0.2, -0.15) is 0 Å². The van der Waals surface area contributed by atoms with Crippen LogP contribution in [0.2, 0.25) is 0 Å². The first-order chi connectivity index (χ1) is 8.72. The molecule has 5 heteroatoms. The Kier molecular flexibility index (Phi) is 4.20. The first kappa shape index (κ1) is 12.9. The van der Waals surface area contributed by atoms with Gasteiger partial charge < -0.3 is 9.15 Å². The lowest BCUT2D eigenvalue weighted by Gasteiger charge is -2.14. The number of alkyl halides is 1. The van der Waals surface area contributed by atoms with Gasteiger partial charge in [0, 0.05) is 0 Å². The van der Waals surface area contributed by atoms with Crippen LogP contribution in [0.5, 0.6) is 5.75 Å². The summed E-state index contributed by atoms with van der Waals surface area (Å²) >= 11 is 5.63. The summed E-state index contributed by atoms with van der Waals surface area (Å²) in [5, 5.41) is 7.78. The van der Waals surface area contributed by atoms with E-state index in [1.54, 1.807) is 0 Å². The quantitative estimate of drug-likeness (QED) is 0.775. The highest BCUT2D eigenvalue weighted by Gasteiger charge is 2.18. The van der Waals surface area contributed by atoms with Crippen LogP contribution in [0, 0.1) is 6.92 Å². The van der Waals surface area contributed by atoms with Crippen molar-refractivity contribution in [3.05, 3.63) is 41.6 Å². The molecule has 1 aromatic heterocycles. The van der Waals surface area contributed by atoms with E-state index in [0.29, 0.717) is 11.8 Å². The van der Waals surface area contributed by atoms with Crippen LogP contribution in [0.15, 0.2) is 28.7 Å². The van der Waals surface area contributed by atoms with E-state index < -0.39 is 0 Å². The number of aromatic nitrogens is 2. The number of halogens is 1. The van der Waals surface area contributed by atoms with Crippen LogP contribution in [0.4, 0.5) is 0 Å². The number of nitrogens with zero attached hydrogens (tertiary/aromatic N) is 2. The molecule has 1 unspecified atom stereocenters. The standard InChI is InChI=1S/C13H15ClN2O2/c1-3-11(13-16-15-12(8-14)18-13)17-10-6-4-5-9(2)7-10/h4-7,11H,3,8H2,1-2H3. The first-order valence-corrected chi connectivity index (χ1v) is 6.38. The van der Waals surface area contributed by atoms with E-state index in [1.165, 1.54) is 0 Å². The Morgan fingerprint density at radius 2 is 2.22 bits per heavy atom. The normalized spacial score (nSPS) is 12.4. The van der Waals surface area contributed by atoms with Crippen molar-refractivity contribution in [2.45, 2.75) is 32.3 Å². The lowest BCUT2D eigenvalue weighted by Crippen LogP contribution is -2.07. The maximum atomic E-state index is 5.85. The lowest BCUT2D eigenvalue weighted by atomic mass is 10.2. The fourth-order valence-electron chi connectivity index (χ4n) is 1.61. The van der Waals surface area contributed by atoms with Crippen molar-refractivity contribution in [3.8, 4) is 5.75 Å². The largest absolute Gasteiger partial charge is 0.481 e. The van der Waals surface area contributed by atoms with E-state index >= 15 is 0 Å². The lowest BCUT2D eigenvalue weighted by molar-refractivity contribution is 0.163. The van der Waals surface area contributed by atoms with Crippen LogP contribution in [-0.4, -0.2) is 10.2 Å². The van der Waals surface area contributed by atoms with Crippen molar-refractivity contribution in [1.29, 1.82) is 0 Å². The summed E-state index contributed by atoms with van der Waals surface area (Å²) in [5.74, 6) is 1.90. The molecule has 0 fully saturated rings. The molecule has 0 bridgehead atoms. The van der Waals surface area contributed by atoms with Gasteiger partial charge in [0.05, 0.1) is 0 Å². The van der Waals surface area contributed by atoms with Crippen LogP contribution in [-0.2, 0) is 5.88 Å². The third-order valence-electron chi connectivity index (χ3n) is 2.51. The molecule has 1 heterocycles. The summed E-state index contributed by atoms with van der Waals surface area (Å²) in [6, 6.07) is 7.86. The van der Waals surface area contributed by atoms with Gasteiger partial charge in [-0.3, -0.25) is 0 Å². The van der Waals surface area contributed by atoms with E-state index in [2.05, 4.69) is 10.2 Å². The third kappa shape index (κ3) is 3.01. The molecule has 96 valence electrons. The summed E-state index contributed by atoms with van der Waals surface area (Å²) in [5.41, 5.74) is 1.15. The highest BCUT2D eigenvalue weighted by atomic mass is 35.5. The average Bonchev–Trinajstić information content (AvgIpc) is 2.84. The van der Waals surface area contributed by atoms with Gasteiger partial charge in [-0.15, -0.1) is 21.8 Å². The first-order valence-electron chi connectivity index (χ1n) is 5.84. The summed E-state index contributed by atoms with van der Waals surface area (Å²) < 4.78 is 11.3. The second-order valence-electron chi connectivity index (χ2n) is 4.00. The second-order valence-corrected chi connectivity index (χ2v) is 4.27. The van der Waals surface area contributed by atoms with Crippen LogP contribution < -0.4 is 4.74 Å². The van der Waals surface area contributed by atoms with E-state index in [9.17, 15) is 0 Å². The van der Waals surface area contributed by atoms with Crippen LogP contribution in [0.3, 0.4) is 0 Å². The van der Waals surface area contributed by atoms with Gasteiger partial charge >= 0.3 is 0 Å². The Bertz CT molecular complexity index is 513. The van der Waals surface area contributed by atoms with Gasteiger partial charge in [-0.05, 0) is 31.0 Å². The molecule has 0 N–H and O–H groups in total. The molecule has 0 radical (unpaired) electrons. The predicted octanol–water partition coefficient (Wildman–Crippen LogP) is 3.65. The number of rotatable bonds is 5. The molecule has 0 aliphatic carbocycles. The molecule has 0 aliphatic heterocycles. The molecule has 0 amide bonds. The van der Waals surface area contributed by atoms with Crippen molar-refractivity contribution in [2.75, 3.05) is 0 Å². The number of hydrogen-bond acceptors (Lipinski definition) is 4. The van der Waals surface area contributed by atoms with Crippen LogP contribution in [0.25, 0.3) is 0 Å². The Hall–Kier alpha value is -1.55. The monoisotopic (exact) mass is 266 g/mol. The molecule has 0 saturated heterocycles. The van der Waals surface area contributed by atoms with Gasteiger partial charge in [-0.1, -0.05) is 19.1 Å². The fraction of sp³-hybridized carbons (Fsp3) is 0.385. The molecule has 2 aromatic rings. The van der Waals surface area contributed by atoms with Gasteiger partial charge in [0.15, 0.2) is 6.10 Å². The molecular weight excluding hydrogens is 252 g/mol. The summed E-state index contributed by atoms with van der Waals surface area (Å²) in [6.07, 6.45) is 0.508. The van der Waals surface area contributed by atoms with Crippen molar-refractivity contribution in [1.82, 2.24) is 10.2 Å². The zero-order valence-electron chi connectivity index (χ0n) is 10.4. The van der Waals surface area contributed by atoms with Gasteiger partial charge in [0.2, 0.25) is 5.89 Å². The summed E-state index contributed by atoms with van der Waals surface area (Å²) in [7, 11) is 0. The topological polar surface area (TPSA) is 48.2 Å². The Morgan fingerprint density at radius 3 is 2.83 bits per heavy atom. The molecule has 1 aromatic carbocycles. The molecular formula is C13H15ClN2O2. The molecule has 1 atom stereocenters. The smallest absolute Gasteiger partial charge is 0.257 e.